The quantitative estimate of drug-likeness (QED) is 0.0750. The molecule has 0 saturated carbocycles. The van der Waals surface area contributed by atoms with Crippen molar-refractivity contribution in [1.82, 2.24) is 19.6 Å². The summed E-state index contributed by atoms with van der Waals surface area (Å²) in [6, 6.07) is 30.9. The van der Waals surface area contributed by atoms with E-state index in [0.717, 1.165) is 49.8 Å². The van der Waals surface area contributed by atoms with Gasteiger partial charge in [0.2, 0.25) is 0 Å². The van der Waals surface area contributed by atoms with Gasteiger partial charge in [-0.1, -0.05) is 60.2 Å². The summed E-state index contributed by atoms with van der Waals surface area (Å²) in [6.07, 6.45) is 15.1. The van der Waals surface area contributed by atoms with Crippen LogP contribution in [0.4, 0.5) is 22.7 Å². The van der Waals surface area contributed by atoms with Crippen molar-refractivity contribution in [3.8, 4) is 34.5 Å². The fraction of sp³-hybridized carbons (Fsp3) is 0.352. The Balaban J connectivity index is 0.000000164. The van der Waals surface area contributed by atoms with Gasteiger partial charge < -0.3 is 48.0 Å². The second-order valence-electron chi connectivity index (χ2n) is 24.0. The Morgan fingerprint density at radius 1 is 0.506 bits per heavy atom. The lowest BCUT2D eigenvalue weighted by Gasteiger charge is -2.34. The van der Waals surface area contributed by atoms with Gasteiger partial charge in [-0.05, 0) is 117 Å². The molecule has 6 aromatic rings. The summed E-state index contributed by atoms with van der Waals surface area (Å²) in [5, 5.41) is 0. The Morgan fingerprint density at radius 2 is 0.933 bits per heavy atom. The number of fused-ring (bicyclic) bond motifs is 10. The Hall–Kier alpha value is -9.58. The van der Waals surface area contributed by atoms with Gasteiger partial charge in [-0.2, -0.15) is 0 Å². The summed E-state index contributed by atoms with van der Waals surface area (Å²) in [7, 11) is 3.14. The van der Waals surface area contributed by atoms with Gasteiger partial charge in [-0.25, -0.2) is 0 Å². The van der Waals surface area contributed by atoms with Gasteiger partial charge in [0, 0.05) is 88.1 Å². The molecule has 0 radical (unpaired) electrons. The zero-order valence-corrected chi connectivity index (χ0v) is 51.1. The largest absolute Gasteiger partial charge is 0.493 e. The number of rotatable bonds is 14. The molecule has 456 valence electrons. The molecule has 18 nitrogen and oxygen atoms in total. The number of aliphatic imine (C=N–C) groups is 4. The van der Waals surface area contributed by atoms with Gasteiger partial charge in [-0.3, -0.25) is 39.1 Å². The normalized spacial score (nSPS) is 21.0. The molecule has 2 saturated heterocycles. The number of aryl methyl sites for hydroxylation is 2. The van der Waals surface area contributed by atoms with Crippen LogP contribution < -0.4 is 28.4 Å². The minimum absolute atomic E-state index is 0.00307. The van der Waals surface area contributed by atoms with Crippen LogP contribution >= 0.6 is 0 Å². The zero-order chi connectivity index (χ0) is 61.5. The predicted octanol–water partition coefficient (Wildman–Crippen LogP) is 11.9. The molecule has 8 aliphatic rings. The highest BCUT2D eigenvalue weighted by molar-refractivity contribution is 6.06. The van der Waals surface area contributed by atoms with Crippen molar-refractivity contribution in [2.75, 3.05) is 53.7 Å². The number of methoxy groups -OCH3 is 2. The summed E-state index contributed by atoms with van der Waals surface area (Å²) in [4.78, 5) is 80.1. The fourth-order valence-corrected chi connectivity index (χ4v) is 13.2. The van der Waals surface area contributed by atoms with Gasteiger partial charge in [-0.15, -0.1) is 0 Å². The average molecular weight is 1200 g/mol. The molecule has 14 rings (SSSR count). The van der Waals surface area contributed by atoms with E-state index in [4.69, 9.17) is 43.4 Å². The maximum absolute atomic E-state index is 13.6. The first-order valence-corrected chi connectivity index (χ1v) is 30.7. The van der Waals surface area contributed by atoms with Crippen LogP contribution in [0.1, 0.15) is 121 Å². The van der Waals surface area contributed by atoms with Crippen molar-refractivity contribution in [1.29, 1.82) is 0 Å². The lowest BCUT2D eigenvalue weighted by atomic mass is 9.94. The Morgan fingerprint density at radius 3 is 1.43 bits per heavy atom. The SMILES string of the molecule is C/C=C1\CN2C(=O)c3cc(C)c(OCCCOc4cc5c(cc4OC)C(=O)N4Cc6ccccc6CC4C=N5)cc3N=C[C@]2(C)C1.COc1cc2c(cc1OCCCOc1cc3c(cc1C)C(=O)N1CCC[C@H]1C=N3)N=CC1Cc3ccccc3CN1C2=O. The maximum atomic E-state index is 13.6. The third-order valence-corrected chi connectivity index (χ3v) is 18.2. The van der Waals surface area contributed by atoms with Crippen LogP contribution in [0.2, 0.25) is 0 Å². The van der Waals surface area contributed by atoms with Crippen molar-refractivity contribution in [3.63, 3.8) is 0 Å². The standard InChI is InChI=1S/C37H38N4O5.C34H34N4O5/c1-5-24-18-37(3)22-39-31-16-32(23(2)13-28(31)36(43)41(37)20-24)45-11-8-12-46-34-17-30-29(15-33(34)44-4)35(42)40-21-26-10-7-6-9-25(26)14-27(40)19-38-30;1-21-13-26-28(35-18-24-9-5-10-37(24)33(26)39)16-30(21)42-11-6-12-43-32-17-29-27(15-31(32)41-2)34(40)38-20-23-8-4-3-7-22(23)14-25(38)19-36-29/h5-7,9-10,13,15-17,19,22,27H,8,11-12,14,18,20-21H2,1-4H3;3-4,7-8,13,15-19,24-25H,5-6,9-12,14,20H2,1-2H3/b24-5-;/t27?,37-;24-,25?/m00/s1. The second-order valence-corrected chi connectivity index (χ2v) is 24.0. The van der Waals surface area contributed by atoms with E-state index < -0.39 is 5.54 Å². The molecular formula is C71H72N8O10. The highest BCUT2D eigenvalue weighted by Crippen LogP contribution is 2.43. The number of allylic oxidation sites excluding steroid dienone is 1. The minimum atomic E-state index is -0.429. The number of carbonyl (C=O) groups excluding carboxylic acids is 4. The first-order valence-electron chi connectivity index (χ1n) is 30.7. The third kappa shape index (κ3) is 11.4. The van der Waals surface area contributed by atoms with Crippen molar-refractivity contribution in [2.45, 2.75) is 109 Å². The van der Waals surface area contributed by atoms with Crippen molar-refractivity contribution in [2.24, 2.45) is 20.0 Å². The Kier molecular flexibility index (Phi) is 16.1. The maximum Gasteiger partial charge on any atom is 0.257 e. The van der Waals surface area contributed by atoms with Crippen LogP contribution in [0.25, 0.3) is 0 Å². The summed E-state index contributed by atoms with van der Waals surface area (Å²) in [5.74, 6) is 3.35. The van der Waals surface area contributed by atoms with Gasteiger partial charge in [0.1, 0.15) is 11.5 Å². The highest BCUT2D eigenvalue weighted by atomic mass is 16.5. The molecule has 89 heavy (non-hydrogen) atoms. The van der Waals surface area contributed by atoms with Crippen LogP contribution in [0, 0.1) is 13.8 Å². The van der Waals surface area contributed by atoms with E-state index in [-0.39, 0.29) is 41.8 Å². The van der Waals surface area contributed by atoms with Crippen LogP contribution in [-0.4, -0.2) is 145 Å². The molecule has 0 aliphatic carbocycles. The van der Waals surface area contributed by atoms with E-state index in [1.54, 1.807) is 38.5 Å². The first kappa shape index (κ1) is 58.4. The lowest BCUT2D eigenvalue weighted by molar-refractivity contribution is 0.0696. The molecule has 2 unspecified atom stereocenters. The topological polar surface area (TPSA) is 186 Å². The summed E-state index contributed by atoms with van der Waals surface area (Å²) < 4.78 is 35.7. The number of hydrogen-bond donors (Lipinski definition) is 0. The van der Waals surface area contributed by atoms with Crippen LogP contribution in [-0.2, 0) is 25.9 Å². The van der Waals surface area contributed by atoms with E-state index in [0.29, 0.717) is 138 Å². The van der Waals surface area contributed by atoms with Crippen molar-refractivity contribution >= 4 is 71.2 Å². The molecular weight excluding hydrogens is 1120 g/mol. The number of carbonyl (C=O) groups is 4. The number of nitrogens with zero attached hydrogens (tertiary/aromatic N) is 8. The molecule has 8 aliphatic heterocycles. The Bertz CT molecular complexity index is 4000. The van der Waals surface area contributed by atoms with Crippen LogP contribution in [0.5, 0.6) is 34.5 Å². The molecule has 0 spiro atoms. The van der Waals surface area contributed by atoms with E-state index >= 15 is 0 Å². The van der Waals surface area contributed by atoms with Gasteiger partial charge in [0.25, 0.3) is 23.6 Å². The zero-order valence-electron chi connectivity index (χ0n) is 51.1. The molecule has 0 bridgehead atoms. The van der Waals surface area contributed by atoms with Crippen LogP contribution in [0.3, 0.4) is 0 Å². The number of hydrogen-bond acceptors (Lipinski definition) is 14. The van der Waals surface area contributed by atoms with Gasteiger partial charge in [0.15, 0.2) is 23.0 Å². The molecule has 0 N–H and O–H groups in total. The molecule has 8 heterocycles. The number of benzene rings is 6. The van der Waals surface area contributed by atoms with Crippen LogP contribution in [0.15, 0.2) is 129 Å². The highest BCUT2D eigenvalue weighted by Gasteiger charge is 2.44. The molecule has 4 amide bonds. The third-order valence-electron chi connectivity index (χ3n) is 18.2. The van der Waals surface area contributed by atoms with Crippen molar-refractivity contribution in [3.05, 3.63) is 164 Å². The van der Waals surface area contributed by atoms with E-state index in [1.807, 2.05) is 114 Å². The first-order chi connectivity index (χ1) is 43.3. The smallest absolute Gasteiger partial charge is 0.257 e. The van der Waals surface area contributed by atoms with E-state index in [2.05, 4.69) is 42.3 Å². The Labute approximate surface area is 518 Å². The summed E-state index contributed by atoms with van der Waals surface area (Å²) >= 11 is 0. The number of amides is 4. The van der Waals surface area contributed by atoms with Gasteiger partial charge >= 0.3 is 0 Å². The van der Waals surface area contributed by atoms with E-state index in [9.17, 15) is 19.2 Å². The molecule has 0 aromatic heterocycles. The summed E-state index contributed by atoms with van der Waals surface area (Å²) in [6.45, 7) is 12.1. The monoisotopic (exact) mass is 1200 g/mol. The predicted molar refractivity (Wildman–Crippen MR) is 342 cm³/mol. The molecule has 6 aromatic carbocycles. The van der Waals surface area contributed by atoms with Gasteiger partial charge in [0.05, 0.1) is 109 Å². The molecule has 2 fully saturated rings. The summed E-state index contributed by atoms with van der Waals surface area (Å²) in [5.41, 5.74) is 12.1. The molecule has 18 heteroatoms. The second kappa shape index (κ2) is 24.5. The minimum Gasteiger partial charge on any atom is -0.493 e. The number of ether oxygens (including phenoxy) is 6. The molecule has 4 atom stereocenters. The lowest BCUT2D eigenvalue weighted by Crippen LogP contribution is -2.45. The average Bonchev–Trinajstić information content (AvgIpc) is 3.37. The fourth-order valence-electron chi connectivity index (χ4n) is 13.2. The van der Waals surface area contributed by atoms with Crippen molar-refractivity contribution < 1.29 is 47.6 Å². The van der Waals surface area contributed by atoms with E-state index in [1.165, 1.54) is 27.8 Å².